The normalized spacial score (nSPS) is 39.3. The lowest BCUT2D eigenvalue weighted by Crippen LogP contribution is -2.36. The maximum atomic E-state index is 5.66. The lowest BCUT2D eigenvalue weighted by Gasteiger charge is -2.29. The van der Waals surface area contributed by atoms with E-state index in [1.54, 1.807) is 0 Å². The summed E-state index contributed by atoms with van der Waals surface area (Å²) < 4.78 is 11.3. The SMILES string of the molecule is C1CO[C@@H]2CSCCO[C@H]2C1. The summed E-state index contributed by atoms with van der Waals surface area (Å²) in [5.74, 6) is 2.26. The van der Waals surface area contributed by atoms with Gasteiger partial charge in [0, 0.05) is 18.1 Å². The first-order chi connectivity index (χ1) is 5.47. The first-order valence-corrected chi connectivity index (χ1v) is 5.43. The predicted octanol–water partition coefficient (Wildman–Crippen LogP) is 1.30. The van der Waals surface area contributed by atoms with Gasteiger partial charge in [-0.25, -0.2) is 0 Å². The third kappa shape index (κ3) is 1.89. The van der Waals surface area contributed by atoms with Gasteiger partial charge in [-0.2, -0.15) is 11.8 Å². The van der Waals surface area contributed by atoms with Gasteiger partial charge in [0.25, 0.3) is 0 Å². The molecule has 0 N–H and O–H groups in total. The second-order valence-corrected chi connectivity index (χ2v) is 4.19. The van der Waals surface area contributed by atoms with Crippen LogP contribution >= 0.6 is 11.8 Å². The van der Waals surface area contributed by atoms with Crippen LogP contribution in [0, 0.1) is 0 Å². The van der Waals surface area contributed by atoms with Crippen molar-refractivity contribution < 1.29 is 9.47 Å². The quantitative estimate of drug-likeness (QED) is 0.551. The van der Waals surface area contributed by atoms with Crippen LogP contribution in [0.5, 0.6) is 0 Å². The van der Waals surface area contributed by atoms with Crippen LogP contribution in [0.3, 0.4) is 0 Å². The summed E-state index contributed by atoms with van der Waals surface area (Å²) in [5.41, 5.74) is 0. The number of rotatable bonds is 0. The average Bonchev–Trinajstić information content (AvgIpc) is 2.28. The zero-order chi connectivity index (χ0) is 7.52. The highest BCUT2D eigenvalue weighted by Crippen LogP contribution is 2.23. The van der Waals surface area contributed by atoms with E-state index in [0.29, 0.717) is 12.2 Å². The largest absolute Gasteiger partial charge is 0.375 e. The Hall–Kier alpha value is 0.270. The molecular weight excluding hydrogens is 160 g/mol. The molecule has 0 saturated carbocycles. The molecule has 2 aliphatic heterocycles. The lowest BCUT2D eigenvalue weighted by atomic mass is 10.1. The van der Waals surface area contributed by atoms with E-state index >= 15 is 0 Å². The molecule has 64 valence electrons. The molecule has 2 nitrogen and oxygen atoms in total. The van der Waals surface area contributed by atoms with Crippen LogP contribution in [-0.2, 0) is 9.47 Å². The van der Waals surface area contributed by atoms with Crippen LogP contribution in [0.4, 0.5) is 0 Å². The van der Waals surface area contributed by atoms with Crippen LogP contribution in [0.25, 0.3) is 0 Å². The standard InChI is InChI=1S/C8H14O2S/c1-2-7-8(9-3-1)6-11-5-4-10-7/h7-8H,1-6H2/t7-,8+/m0/s1. The molecule has 0 aromatic heterocycles. The van der Waals surface area contributed by atoms with Gasteiger partial charge >= 0.3 is 0 Å². The summed E-state index contributed by atoms with van der Waals surface area (Å²) in [6.07, 6.45) is 3.16. The minimum absolute atomic E-state index is 0.385. The highest BCUT2D eigenvalue weighted by molar-refractivity contribution is 7.99. The minimum atomic E-state index is 0.385. The first-order valence-electron chi connectivity index (χ1n) is 4.28. The molecular formula is C8H14O2S. The van der Waals surface area contributed by atoms with E-state index in [9.17, 15) is 0 Å². The number of ether oxygens (including phenoxy) is 2. The Kier molecular flexibility index (Phi) is 2.72. The molecule has 2 aliphatic rings. The number of thioether (sulfide) groups is 1. The van der Waals surface area contributed by atoms with Gasteiger partial charge in [-0.05, 0) is 12.8 Å². The van der Waals surface area contributed by atoms with Crippen molar-refractivity contribution >= 4 is 11.8 Å². The van der Waals surface area contributed by atoms with Gasteiger partial charge in [0.2, 0.25) is 0 Å². The predicted molar refractivity (Wildman–Crippen MR) is 46.0 cm³/mol. The van der Waals surface area contributed by atoms with Crippen LogP contribution < -0.4 is 0 Å². The summed E-state index contributed by atoms with van der Waals surface area (Å²) in [4.78, 5) is 0. The monoisotopic (exact) mass is 174 g/mol. The Morgan fingerprint density at radius 1 is 1.09 bits per heavy atom. The molecule has 0 aliphatic carbocycles. The van der Waals surface area contributed by atoms with Gasteiger partial charge in [0.1, 0.15) is 0 Å². The van der Waals surface area contributed by atoms with E-state index in [1.807, 2.05) is 11.8 Å². The van der Waals surface area contributed by atoms with Crippen molar-refractivity contribution in [3.05, 3.63) is 0 Å². The van der Waals surface area contributed by atoms with Crippen molar-refractivity contribution in [1.29, 1.82) is 0 Å². The zero-order valence-electron chi connectivity index (χ0n) is 6.62. The van der Waals surface area contributed by atoms with Crippen LogP contribution in [0.1, 0.15) is 12.8 Å². The highest BCUT2D eigenvalue weighted by Gasteiger charge is 2.28. The smallest absolute Gasteiger partial charge is 0.0926 e. The number of hydrogen-bond donors (Lipinski definition) is 0. The Labute approximate surface area is 71.6 Å². The fourth-order valence-electron chi connectivity index (χ4n) is 1.62. The molecule has 0 aromatic carbocycles. The fourth-order valence-corrected chi connectivity index (χ4v) is 2.54. The van der Waals surface area contributed by atoms with Crippen molar-refractivity contribution in [2.24, 2.45) is 0 Å². The Morgan fingerprint density at radius 3 is 3.00 bits per heavy atom. The Balaban J connectivity index is 1.93. The molecule has 0 unspecified atom stereocenters. The lowest BCUT2D eigenvalue weighted by molar-refractivity contribution is -0.0885. The second kappa shape index (κ2) is 3.78. The van der Waals surface area contributed by atoms with E-state index in [2.05, 4.69) is 0 Å². The molecule has 11 heavy (non-hydrogen) atoms. The average molecular weight is 174 g/mol. The third-order valence-electron chi connectivity index (χ3n) is 2.22. The summed E-state index contributed by atoms with van der Waals surface area (Å²) in [5, 5.41) is 0. The van der Waals surface area contributed by atoms with E-state index in [4.69, 9.17) is 9.47 Å². The second-order valence-electron chi connectivity index (χ2n) is 3.04. The van der Waals surface area contributed by atoms with E-state index < -0.39 is 0 Å². The molecule has 0 amide bonds. The van der Waals surface area contributed by atoms with Crippen molar-refractivity contribution in [2.75, 3.05) is 24.7 Å². The van der Waals surface area contributed by atoms with E-state index in [-0.39, 0.29) is 0 Å². The molecule has 2 saturated heterocycles. The molecule has 0 radical (unpaired) electrons. The summed E-state index contributed by atoms with van der Waals surface area (Å²) in [6.45, 7) is 1.85. The number of hydrogen-bond acceptors (Lipinski definition) is 3. The minimum Gasteiger partial charge on any atom is -0.375 e. The number of fused-ring (bicyclic) bond motifs is 1. The molecule has 2 fully saturated rings. The van der Waals surface area contributed by atoms with Gasteiger partial charge in [0.05, 0.1) is 18.8 Å². The molecule has 0 bridgehead atoms. The molecule has 0 spiro atoms. The van der Waals surface area contributed by atoms with Crippen molar-refractivity contribution in [3.63, 3.8) is 0 Å². The molecule has 2 atom stereocenters. The van der Waals surface area contributed by atoms with Crippen LogP contribution in [0.15, 0.2) is 0 Å². The Bertz CT molecular complexity index is 115. The summed E-state index contributed by atoms with van der Waals surface area (Å²) in [6, 6.07) is 0. The topological polar surface area (TPSA) is 18.5 Å². The summed E-state index contributed by atoms with van der Waals surface area (Å²) >= 11 is 1.95. The van der Waals surface area contributed by atoms with Gasteiger partial charge < -0.3 is 9.47 Å². The van der Waals surface area contributed by atoms with Gasteiger partial charge in [-0.3, -0.25) is 0 Å². The van der Waals surface area contributed by atoms with Gasteiger partial charge in [-0.1, -0.05) is 0 Å². The van der Waals surface area contributed by atoms with Crippen LogP contribution in [0.2, 0.25) is 0 Å². The molecule has 3 heteroatoms. The van der Waals surface area contributed by atoms with Crippen LogP contribution in [-0.4, -0.2) is 36.9 Å². The van der Waals surface area contributed by atoms with Crippen molar-refractivity contribution in [1.82, 2.24) is 0 Å². The molecule has 0 aromatic rings. The van der Waals surface area contributed by atoms with E-state index in [1.165, 1.54) is 12.8 Å². The highest BCUT2D eigenvalue weighted by atomic mass is 32.2. The summed E-state index contributed by atoms with van der Waals surface area (Å²) in [7, 11) is 0. The van der Waals surface area contributed by atoms with Gasteiger partial charge in [0.15, 0.2) is 0 Å². The van der Waals surface area contributed by atoms with Crippen molar-refractivity contribution in [3.8, 4) is 0 Å². The Morgan fingerprint density at radius 2 is 2.00 bits per heavy atom. The molecule has 2 heterocycles. The van der Waals surface area contributed by atoms with Crippen molar-refractivity contribution in [2.45, 2.75) is 25.0 Å². The fraction of sp³-hybridized carbons (Fsp3) is 1.00. The first kappa shape index (κ1) is 7.90. The van der Waals surface area contributed by atoms with E-state index in [0.717, 1.165) is 24.7 Å². The maximum Gasteiger partial charge on any atom is 0.0926 e. The third-order valence-corrected chi connectivity index (χ3v) is 3.24. The maximum absolute atomic E-state index is 5.66. The van der Waals surface area contributed by atoms with Gasteiger partial charge in [-0.15, -0.1) is 0 Å². The zero-order valence-corrected chi connectivity index (χ0v) is 7.44. The molecule has 2 rings (SSSR count).